The van der Waals surface area contributed by atoms with Gasteiger partial charge < -0.3 is 0 Å². The Bertz CT molecular complexity index is 2240. The second-order valence-electron chi connectivity index (χ2n) is 10.7. The van der Waals surface area contributed by atoms with Gasteiger partial charge >= 0.3 is 6.18 Å². The number of alkyl halides is 3. The maximum atomic E-state index is 15.6. The van der Waals surface area contributed by atoms with Crippen LogP contribution in [-0.2, 0) is 12.8 Å². The summed E-state index contributed by atoms with van der Waals surface area (Å²) in [6.45, 7) is 1.96. The van der Waals surface area contributed by atoms with Gasteiger partial charge in [-0.1, -0.05) is 47.9 Å². The normalized spacial score (nSPS) is 11.8. The molecule has 0 aliphatic carbocycles. The van der Waals surface area contributed by atoms with Crippen LogP contribution in [0.15, 0.2) is 72.8 Å². The maximum absolute atomic E-state index is 15.6. The third-order valence-corrected chi connectivity index (χ3v) is 7.64. The highest BCUT2D eigenvalue weighted by Crippen LogP contribution is 2.34. The van der Waals surface area contributed by atoms with E-state index in [2.05, 4.69) is 0 Å². The van der Waals surface area contributed by atoms with E-state index < -0.39 is 63.0 Å². The minimum atomic E-state index is -5.02. The highest BCUT2D eigenvalue weighted by Gasteiger charge is 2.25. The van der Waals surface area contributed by atoms with E-state index in [-0.39, 0.29) is 29.2 Å². The minimum Gasteiger partial charge on any atom is -0.207 e. The summed E-state index contributed by atoms with van der Waals surface area (Å²) in [5.41, 5.74) is 0.539. The van der Waals surface area contributed by atoms with E-state index in [1.165, 1.54) is 12.0 Å². The van der Waals surface area contributed by atoms with Gasteiger partial charge in [0.1, 0.15) is 29.1 Å². The molecular weight excluding hydrogens is 603 g/mol. The van der Waals surface area contributed by atoms with Crippen LogP contribution in [0.4, 0.5) is 39.5 Å². The number of halogens is 9. The predicted octanol–water partition coefficient (Wildman–Crippen LogP) is 10.7. The van der Waals surface area contributed by atoms with Crippen LogP contribution >= 0.6 is 0 Å². The van der Waals surface area contributed by atoms with Gasteiger partial charge in [-0.15, -0.1) is 0 Å². The molecule has 0 aliphatic rings. The molecule has 0 fully saturated rings. The molecular formula is C36H19F9. The summed E-state index contributed by atoms with van der Waals surface area (Å²) in [6.07, 6.45) is -5.59. The van der Waals surface area contributed by atoms with Crippen LogP contribution in [0.25, 0.3) is 43.4 Å². The molecule has 6 rings (SSSR count). The van der Waals surface area contributed by atoms with Gasteiger partial charge in [-0.25, -0.2) is 26.3 Å². The molecule has 0 atom stereocenters. The Morgan fingerprint density at radius 3 is 1.93 bits per heavy atom. The van der Waals surface area contributed by atoms with Gasteiger partial charge in [0.2, 0.25) is 0 Å². The Morgan fingerprint density at radius 2 is 1.18 bits per heavy atom. The fraction of sp³-hybridized carbons (Fsp3) is 0.111. The zero-order valence-electron chi connectivity index (χ0n) is 23.2. The molecule has 0 radical (unpaired) electrons. The summed E-state index contributed by atoms with van der Waals surface area (Å²) in [5, 5.41) is 0.377. The average molecular weight is 623 g/mol. The summed E-state index contributed by atoms with van der Waals surface area (Å²) in [4.78, 5) is 0. The van der Waals surface area contributed by atoms with Crippen molar-refractivity contribution < 1.29 is 39.5 Å². The van der Waals surface area contributed by atoms with Crippen molar-refractivity contribution in [1.82, 2.24) is 0 Å². The molecule has 45 heavy (non-hydrogen) atoms. The second kappa shape index (κ2) is 11.2. The molecule has 0 aromatic heterocycles. The molecule has 0 N–H and O–H groups in total. The Kier molecular flexibility index (Phi) is 7.48. The summed E-state index contributed by atoms with van der Waals surface area (Å²) < 4.78 is 127. The van der Waals surface area contributed by atoms with Crippen LogP contribution < -0.4 is 0 Å². The fourth-order valence-electron chi connectivity index (χ4n) is 5.53. The lowest BCUT2D eigenvalue weighted by atomic mass is 9.94. The van der Waals surface area contributed by atoms with E-state index in [1.807, 2.05) is 37.3 Å². The Hall–Kier alpha value is -4.97. The molecule has 0 heterocycles. The molecule has 0 spiro atoms. The smallest absolute Gasteiger partial charge is 0.207 e. The molecule has 226 valence electrons. The van der Waals surface area contributed by atoms with Crippen molar-refractivity contribution in [1.29, 1.82) is 0 Å². The molecule has 9 heteroatoms. The quantitative estimate of drug-likeness (QED) is 0.136. The zero-order chi connectivity index (χ0) is 32.2. The van der Waals surface area contributed by atoms with Crippen molar-refractivity contribution in [3.8, 4) is 23.0 Å². The summed E-state index contributed by atoms with van der Waals surface area (Å²) in [5.74, 6) is -5.16. The number of benzene rings is 6. The third-order valence-electron chi connectivity index (χ3n) is 7.64. The Morgan fingerprint density at radius 1 is 0.556 bits per heavy atom. The van der Waals surface area contributed by atoms with Crippen LogP contribution in [0, 0.1) is 53.7 Å². The molecule has 0 amide bonds. The maximum Gasteiger partial charge on any atom is 0.458 e. The van der Waals surface area contributed by atoms with Crippen LogP contribution in [-0.4, -0.2) is 6.18 Å². The average Bonchev–Trinajstić information content (AvgIpc) is 2.95. The fourth-order valence-corrected chi connectivity index (χ4v) is 5.53. The van der Waals surface area contributed by atoms with E-state index in [0.717, 1.165) is 46.5 Å². The van der Waals surface area contributed by atoms with Crippen LogP contribution in [0.5, 0.6) is 0 Å². The molecule has 0 nitrogen and oxygen atoms in total. The van der Waals surface area contributed by atoms with Crippen molar-refractivity contribution in [3.63, 3.8) is 0 Å². The minimum absolute atomic E-state index is 0.000112. The number of fused-ring (bicyclic) bond motifs is 3. The lowest BCUT2D eigenvalue weighted by Crippen LogP contribution is -2.04. The Labute approximate surface area is 250 Å². The zero-order valence-corrected chi connectivity index (χ0v) is 23.2. The highest BCUT2D eigenvalue weighted by molar-refractivity contribution is 5.92. The number of rotatable bonds is 4. The van der Waals surface area contributed by atoms with E-state index in [1.54, 1.807) is 6.07 Å². The topological polar surface area (TPSA) is 0 Å². The predicted molar refractivity (Wildman–Crippen MR) is 156 cm³/mol. The largest absolute Gasteiger partial charge is 0.458 e. The first-order valence-corrected chi connectivity index (χ1v) is 13.6. The van der Waals surface area contributed by atoms with E-state index in [9.17, 15) is 26.3 Å². The van der Waals surface area contributed by atoms with E-state index in [4.69, 9.17) is 0 Å². The van der Waals surface area contributed by atoms with Crippen molar-refractivity contribution in [2.24, 2.45) is 0 Å². The summed E-state index contributed by atoms with van der Waals surface area (Å²) >= 11 is 0. The molecule has 6 aromatic carbocycles. The van der Waals surface area contributed by atoms with Gasteiger partial charge in [0, 0.05) is 11.5 Å². The van der Waals surface area contributed by atoms with Gasteiger partial charge in [-0.2, -0.15) is 13.2 Å². The van der Waals surface area contributed by atoms with Gasteiger partial charge in [-0.3, -0.25) is 0 Å². The van der Waals surface area contributed by atoms with Crippen LogP contribution in [0.2, 0.25) is 0 Å². The molecule has 0 bridgehead atoms. The SMILES string of the molecule is Cc1ccc2cc(-c3cc(F)c4c(F)c(CCc5cc(F)c6c(F)c(C#CC(F)(F)F)c(F)cc6c5)c(F)cc4c3)ccc2c1. The lowest BCUT2D eigenvalue weighted by molar-refractivity contribution is -0.0696. The number of hydrogen-bond acceptors (Lipinski definition) is 0. The van der Waals surface area contributed by atoms with E-state index >= 15 is 13.2 Å². The van der Waals surface area contributed by atoms with Crippen molar-refractivity contribution in [2.45, 2.75) is 25.9 Å². The van der Waals surface area contributed by atoms with Gasteiger partial charge in [0.05, 0.1) is 16.3 Å². The molecule has 0 saturated carbocycles. The monoisotopic (exact) mass is 622 g/mol. The van der Waals surface area contributed by atoms with Crippen molar-refractivity contribution in [3.05, 3.63) is 130 Å². The third kappa shape index (κ3) is 5.80. The first-order valence-electron chi connectivity index (χ1n) is 13.6. The summed E-state index contributed by atoms with van der Waals surface area (Å²) in [6, 6.07) is 17.7. The first kappa shape index (κ1) is 30.1. The molecule has 0 saturated heterocycles. The molecule has 0 unspecified atom stereocenters. The van der Waals surface area contributed by atoms with Crippen LogP contribution in [0.3, 0.4) is 0 Å². The summed E-state index contributed by atoms with van der Waals surface area (Å²) in [7, 11) is 0. The number of aryl methyl sites for hydroxylation is 2. The van der Waals surface area contributed by atoms with Gasteiger partial charge in [0.15, 0.2) is 5.82 Å². The highest BCUT2D eigenvalue weighted by atomic mass is 19.4. The van der Waals surface area contributed by atoms with Crippen molar-refractivity contribution in [2.75, 3.05) is 0 Å². The second-order valence-corrected chi connectivity index (χ2v) is 10.7. The molecule has 0 aliphatic heterocycles. The lowest BCUT2D eigenvalue weighted by Gasteiger charge is -2.13. The van der Waals surface area contributed by atoms with Crippen molar-refractivity contribution >= 4 is 32.3 Å². The van der Waals surface area contributed by atoms with Gasteiger partial charge in [0.25, 0.3) is 0 Å². The van der Waals surface area contributed by atoms with Crippen LogP contribution in [0.1, 0.15) is 22.3 Å². The Balaban J connectivity index is 1.32. The standard InChI is InChI=1S/C36H19F9/c1-18-2-4-21-13-22(6-5-20(21)10-18)23-14-25-17-28(37)26(34(41)33(25)31(40)15-23)7-3-19-11-24-16-29(38)27(8-9-36(43,44)45)35(42)32(24)30(39)12-19/h2,4-6,10-17H,3,7H2,1H3. The van der Waals surface area contributed by atoms with Gasteiger partial charge in [-0.05, 0) is 94.4 Å². The first-order chi connectivity index (χ1) is 21.3. The number of hydrogen-bond donors (Lipinski definition) is 0. The molecule has 6 aromatic rings. The van der Waals surface area contributed by atoms with E-state index in [0.29, 0.717) is 17.2 Å².